The molecule has 1 aromatic carbocycles. The minimum atomic E-state index is -3.24. The summed E-state index contributed by atoms with van der Waals surface area (Å²) in [4.78, 5) is 0.433. The van der Waals surface area contributed by atoms with Crippen molar-refractivity contribution in [2.75, 3.05) is 13.1 Å². The van der Waals surface area contributed by atoms with Gasteiger partial charge >= 0.3 is 0 Å². The van der Waals surface area contributed by atoms with E-state index in [1.807, 2.05) is 16.8 Å². The Bertz CT molecular complexity index is 789. The molecule has 0 aliphatic carbocycles. The molecule has 1 unspecified atom stereocenters. The molecule has 1 saturated heterocycles. The van der Waals surface area contributed by atoms with Crippen LogP contribution in [0.15, 0.2) is 35.4 Å². The van der Waals surface area contributed by atoms with E-state index >= 15 is 0 Å². The summed E-state index contributed by atoms with van der Waals surface area (Å²) in [6.45, 7) is 1.94. The third kappa shape index (κ3) is 2.01. The molecule has 0 saturated carbocycles. The highest BCUT2D eigenvalue weighted by Crippen LogP contribution is 2.39. The lowest BCUT2D eigenvalue weighted by Gasteiger charge is -2.27. The van der Waals surface area contributed by atoms with E-state index in [2.05, 4.69) is 10.4 Å². The predicted molar refractivity (Wildman–Crippen MR) is 79.7 cm³/mol. The fourth-order valence-corrected chi connectivity index (χ4v) is 4.90. The van der Waals surface area contributed by atoms with E-state index < -0.39 is 9.84 Å². The number of fused-ring (bicyclic) bond motifs is 3. The Labute approximate surface area is 123 Å². The second kappa shape index (κ2) is 4.68. The molecular formula is C15H17N3O2S. The van der Waals surface area contributed by atoms with Crippen LogP contribution in [-0.2, 0) is 15.6 Å². The van der Waals surface area contributed by atoms with Gasteiger partial charge in [-0.05, 0) is 25.5 Å². The molecule has 2 aliphatic rings. The number of hydrogen-bond acceptors (Lipinski definition) is 4. The molecule has 1 atom stereocenters. The summed E-state index contributed by atoms with van der Waals surface area (Å²) >= 11 is 0. The standard InChI is InChI=1S/C15H17N3O2S/c19-21(20)10-11-8-17-18(12-4-3-7-16-9-12)15(11)13-5-1-2-6-14(13)21/h1-2,5-6,8,12,16H,3-4,7,9-10H2. The molecule has 2 aromatic rings. The second-order valence-corrected chi connectivity index (χ2v) is 7.68. The van der Waals surface area contributed by atoms with Crippen LogP contribution in [0, 0.1) is 0 Å². The van der Waals surface area contributed by atoms with E-state index in [9.17, 15) is 8.42 Å². The molecule has 1 N–H and O–H groups in total. The number of piperidine rings is 1. The number of hydrogen-bond donors (Lipinski definition) is 1. The number of aromatic nitrogens is 2. The highest BCUT2D eigenvalue weighted by atomic mass is 32.2. The van der Waals surface area contributed by atoms with Crippen molar-refractivity contribution in [2.45, 2.75) is 29.5 Å². The van der Waals surface area contributed by atoms with Gasteiger partial charge in [0, 0.05) is 17.7 Å². The molecule has 1 aromatic heterocycles. The lowest BCUT2D eigenvalue weighted by molar-refractivity contribution is 0.349. The summed E-state index contributed by atoms with van der Waals surface area (Å²) in [5.41, 5.74) is 2.59. The van der Waals surface area contributed by atoms with Gasteiger partial charge in [0.1, 0.15) is 0 Å². The Morgan fingerprint density at radius 3 is 2.95 bits per heavy atom. The molecule has 21 heavy (non-hydrogen) atoms. The van der Waals surface area contributed by atoms with Crippen LogP contribution in [0.4, 0.5) is 0 Å². The molecular weight excluding hydrogens is 286 g/mol. The molecule has 0 spiro atoms. The average molecular weight is 303 g/mol. The van der Waals surface area contributed by atoms with Gasteiger partial charge in [0.25, 0.3) is 0 Å². The Kier molecular flexibility index (Phi) is 2.90. The first-order valence-corrected chi connectivity index (χ1v) is 8.91. The average Bonchev–Trinajstić information content (AvgIpc) is 2.91. The van der Waals surface area contributed by atoms with Gasteiger partial charge in [-0.1, -0.05) is 18.2 Å². The SMILES string of the molecule is O=S1(=O)Cc2cnn(C3CCCNC3)c2-c2ccccc21. The van der Waals surface area contributed by atoms with E-state index in [-0.39, 0.29) is 5.75 Å². The van der Waals surface area contributed by atoms with E-state index in [4.69, 9.17) is 0 Å². The molecule has 1 fully saturated rings. The van der Waals surface area contributed by atoms with Crippen LogP contribution in [0.1, 0.15) is 24.4 Å². The fourth-order valence-electron chi connectivity index (χ4n) is 3.33. The van der Waals surface area contributed by atoms with Crippen LogP contribution in [0.25, 0.3) is 11.3 Å². The Morgan fingerprint density at radius 1 is 1.29 bits per heavy atom. The van der Waals surface area contributed by atoms with Gasteiger partial charge < -0.3 is 5.32 Å². The van der Waals surface area contributed by atoms with Crippen LogP contribution in [0.2, 0.25) is 0 Å². The van der Waals surface area contributed by atoms with E-state index in [1.165, 1.54) is 0 Å². The maximum absolute atomic E-state index is 12.4. The first kappa shape index (κ1) is 13.0. The van der Waals surface area contributed by atoms with Crippen molar-refractivity contribution < 1.29 is 8.42 Å². The van der Waals surface area contributed by atoms with Crippen LogP contribution >= 0.6 is 0 Å². The number of sulfone groups is 1. The fraction of sp³-hybridized carbons (Fsp3) is 0.400. The maximum Gasteiger partial charge on any atom is 0.183 e. The maximum atomic E-state index is 12.4. The van der Waals surface area contributed by atoms with Crippen LogP contribution in [-0.4, -0.2) is 31.3 Å². The summed E-state index contributed by atoms with van der Waals surface area (Å²) in [5.74, 6) is 0.0551. The third-order valence-corrected chi connectivity index (χ3v) is 6.03. The van der Waals surface area contributed by atoms with Crippen LogP contribution < -0.4 is 5.32 Å². The first-order chi connectivity index (χ1) is 10.2. The van der Waals surface area contributed by atoms with Gasteiger partial charge in [0.05, 0.1) is 28.6 Å². The van der Waals surface area contributed by atoms with Crippen molar-refractivity contribution in [1.29, 1.82) is 0 Å². The predicted octanol–water partition coefficient (Wildman–Crippen LogP) is 1.76. The van der Waals surface area contributed by atoms with Gasteiger partial charge in [-0.15, -0.1) is 0 Å². The summed E-state index contributed by atoms with van der Waals surface area (Å²) in [7, 11) is -3.24. The Balaban J connectivity index is 1.90. The van der Waals surface area contributed by atoms with Crippen molar-refractivity contribution >= 4 is 9.84 Å². The number of benzene rings is 1. The zero-order chi connectivity index (χ0) is 14.4. The molecule has 4 rings (SSSR count). The second-order valence-electron chi connectivity index (χ2n) is 5.72. The molecule has 0 amide bonds. The first-order valence-electron chi connectivity index (χ1n) is 7.26. The van der Waals surface area contributed by atoms with E-state index in [1.54, 1.807) is 18.3 Å². The summed E-state index contributed by atoms with van der Waals surface area (Å²) in [6.07, 6.45) is 3.92. The molecule has 6 heteroatoms. The van der Waals surface area contributed by atoms with Gasteiger partial charge in [0.2, 0.25) is 0 Å². The van der Waals surface area contributed by atoms with Crippen LogP contribution in [0.3, 0.4) is 0 Å². The summed E-state index contributed by atoms with van der Waals surface area (Å²) in [6, 6.07) is 7.56. The minimum Gasteiger partial charge on any atom is -0.315 e. The Morgan fingerprint density at radius 2 is 2.14 bits per heavy atom. The zero-order valence-corrected chi connectivity index (χ0v) is 12.4. The van der Waals surface area contributed by atoms with Gasteiger partial charge in [-0.25, -0.2) is 8.42 Å². The molecule has 0 bridgehead atoms. The van der Waals surface area contributed by atoms with E-state index in [0.717, 1.165) is 42.8 Å². The molecule has 110 valence electrons. The Hall–Kier alpha value is -1.66. The van der Waals surface area contributed by atoms with Crippen molar-refractivity contribution in [3.8, 4) is 11.3 Å². The highest BCUT2D eigenvalue weighted by Gasteiger charge is 2.32. The van der Waals surface area contributed by atoms with E-state index in [0.29, 0.717) is 10.9 Å². The number of nitrogens with one attached hydrogen (secondary N) is 1. The summed E-state index contributed by atoms with van der Waals surface area (Å²) in [5, 5.41) is 7.89. The normalized spacial score (nSPS) is 23.3. The lowest BCUT2D eigenvalue weighted by Crippen LogP contribution is -2.32. The molecule has 5 nitrogen and oxygen atoms in total. The highest BCUT2D eigenvalue weighted by molar-refractivity contribution is 7.90. The van der Waals surface area contributed by atoms with Crippen molar-refractivity contribution in [1.82, 2.24) is 15.1 Å². The quantitative estimate of drug-likeness (QED) is 0.872. The van der Waals surface area contributed by atoms with Gasteiger partial charge in [-0.3, -0.25) is 4.68 Å². The zero-order valence-electron chi connectivity index (χ0n) is 11.6. The van der Waals surface area contributed by atoms with Gasteiger partial charge in [0.15, 0.2) is 9.84 Å². The lowest BCUT2D eigenvalue weighted by atomic mass is 10.0. The summed E-state index contributed by atoms with van der Waals surface area (Å²) < 4.78 is 26.8. The molecule has 3 heterocycles. The number of nitrogens with zero attached hydrogens (tertiary/aromatic N) is 2. The molecule has 2 aliphatic heterocycles. The van der Waals surface area contributed by atoms with Crippen molar-refractivity contribution in [2.24, 2.45) is 0 Å². The monoisotopic (exact) mass is 303 g/mol. The van der Waals surface area contributed by atoms with Crippen LogP contribution in [0.5, 0.6) is 0 Å². The van der Waals surface area contributed by atoms with Crippen molar-refractivity contribution in [3.63, 3.8) is 0 Å². The minimum absolute atomic E-state index is 0.0551. The number of rotatable bonds is 1. The smallest absolute Gasteiger partial charge is 0.183 e. The van der Waals surface area contributed by atoms with Crippen molar-refractivity contribution in [3.05, 3.63) is 36.0 Å². The topological polar surface area (TPSA) is 64.0 Å². The van der Waals surface area contributed by atoms with Gasteiger partial charge in [-0.2, -0.15) is 5.10 Å². The third-order valence-electron chi connectivity index (χ3n) is 4.31. The molecule has 0 radical (unpaired) electrons. The largest absolute Gasteiger partial charge is 0.315 e.